The van der Waals surface area contributed by atoms with Crippen molar-refractivity contribution < 1.29 is 28.6 Å². The number of halogens is 2. The van der Waals surface area contributed by atoms with Crippen LogP contribution in [0, 0.1) is 17.8 Å². The number of hydrogen-bond donors (Lipinski definition) is 2. The summed E-state index contributed by atoms with van der Waals surface area (Å²) in [5.41, 5.74) is 0. The molecule has 2 aliphatic heterocycles. The Labute approximate surface area is 115 Å². The Morgan fingerprint density at radius 1 is 1.25 bits per heavy atom. The molecule has 1 amide bonds. The minimum Gasteiger partial charge on any atom is -0.483 e. The van der Waals surface area contributed by atoms with Crippen molar-refractivity contribution in [1.82, 2.24) is 9.80 Å². The van der Waals surface area contributed by atoms with Gasteiger partial charge in [0, 0.05) is 38.0 Å². The van der Waals surface area contributed by atoms with E-state index in [0.717, 1.165) is 13.0 Å². The molecule has 1 aliphatic carbocycles. The van der Waals surface area contributed by atoms with Crippen LogP contribution in [-0.2, 0) is 4.79 Å². The fourth-order valence-corrected chi connectivity index (χ4v) is 3.05. The molecule has 0 aromatic carbocycles. The number of amides is 1. The molecule has 3 rings (SSSR count). The van der Waals surface area contributed by atoms with Crippen molar-refractivity contribution in [1.29, 1.82) is 0 Å². The molecular weight excluding hydrogens is 274 g/mol. The zero-order chi connectivity index (χ0) is 14.9. The topological polar surface area (TPSA) is 81.1 Å². The van der Waals surface area contributed by atoms with Gasteiger partial charge in [-0.15, -0.1) is 0 Å². The molecule has 1 saturated carbocycles. The number of carbonyl (C=O) groups is 2. The van der Waals surface area contributed by atoms with Crippen LogP contribution in [0.2, 0.25) is 0 Å². The Balaban J connectivity index is 0.000000452. The average molecular weight is 292 g/mol. The second-order valence-corrected chi connectivity index (χ2v) is 5.59. The Bertz CT molecular complexity index is 374. The van der Waals surface area contributed by atoms with Crippen LogP contribution < -0.4 is 0 Å². The molecule has 2 saturated heterocycles. The molecule has 2 heterocycles. The predicted octanol–water partition coefficient (Wildman–Crippen LogP) is 0.884. The summed E-state index contributed by atoms with van der Waals surface area (Å²) in [6.45, 7) is 2.83. The van der Waals surface area contributed by atoms with E-state index in [1.165, 1.54) is 4.90 Å². The third kappa shape index (κ3) is 2.84. The zero-order valence-electron chi connectivity index (χ0n) is 10.9. The van der Waals surface area contributed by atoms with E-state index in [4.69, 9.17) is 15.0 Å². The first-order chi connectivity index (χ1) is 9.40. The number of fused-ring (bicyclic) bond motifs is 1. The van der Waals surface area contributed by atoms with Gasteiger partial charge in [-0.3, -0.25) is 4.79 Å². The highest BCUT2D eigenvalue weighted by atomic mass is 19.3. The lowest BCUT2D eigenvalue weighted by atomic mass is 9.97. The first-order valence-corrected chi connectivity index (χ1v) is 6.56. The summed E-state index contributed by atoms with van der Waals surface area (Å²) in [6, 6.07) is 0. The number of rotatable bonds is 3. The maximum Gasteiger partial charge on any atom is 0.407 e. The van der Waals surface area contributed by atoms with Crippen molar-refractivity contribution in [2.75, 3.05) is 32.7 Å². The summed E-state index contributed by atoms with van der Waals surface area (Å²) >= 11 is 0. The monoisotopic (exact) mass is 292 g/mol. The Kier molecular flexibility index (Phi) is 4.12. The van der Waals surface area contributed by atoms with Gasteiger partial charge >= 0.3 is 6.09 Å². The van der Waals surface area contributed by atoms with E-state index in [0.29, 0.717) is 32.1 Å². The number of hydrogen-bond acceptors (Lipinski definition) is 3. The SMILES string of the molecule is O=C(O)N1CC(CCN2CC3C(C2)C3(F)F)C1.O=CO. The molecule has 0 aromatic heterocycles. The van der Waals surface area contributed by atoms with Crippen LogP contribution in [0.1, 0.15) is 6.42 Å². The first kappa shape index (κ1) is 15.0. The average Bonchev–Trinajstić information content (AvgIpc) is 2.70. The van der Waals surface area contributed by atoms with Crippen LogP contribution >= 0.6 is 0 Å². The summed E-state index contributed by atoms with van der Waals surface area (Å²) in [4.78, 5) is 22.4. The highest BCUT2D eigenvalue weighted by molar-refractivity contribution is 5.65. The number of carboxylic acid groups (broad SMARTS) is 2. The van der Waals surface area contributed by atoms with Gasteiger partial charge in [-0.1, -0.05) is 0 Å². The molecule has 0 bridgehead atoms. The summed E-state index contributed by atoms with van der Waals surface area (Å²) in [5.74, 6) is -2.78. The summed E-state index contributed by atoms with van der Waals surface area (Å²) in [7, 11) is 0. The number of alkyl halides is 2. The van der Waals surface area contributed by atoms with E-state index in [2.05, 4.69) is 4.90 Å². The molecule has 3 fully saturated rings. The summed E-state index contributed by atoms with van der Waals surface area (Å²) in [5, 5.41) is 15.5. The number of nitrogens with zero attached hydrogens (tertiary/aromatic N) is 2. The summed E-state index contributed by atoms with van der Waals surface area (Å²) in [6.07, 6.45) is 0.0673. The lowest BCUT2D eigenvalue weighted by Gasteiger charge is -2.38. The smallest absolute Gasteiger partial charge is 0.407 e. The number of likely N-dealkylation sites (tertiary alicyclic amines) is 2. The normalized spacial score (nSPS) is 30.8. The third-order valence-electron chi connectivity index (χ3n) is 4.36. The van der Waals surface area contributed by atoms with Gasteiger partial charge < -0.3 is 20.0 Å². The second-order valence-electron chi connectivity index (χ2n) is 5.59. The van der Waals surface area contributed by atoms with Crippen molar-refractivity contribution in [2.24, 2.45) is 17.8 Å². The molecule has 20 heavy (non-hydrogen) atoms. The minimum atomic E-state index is -2.40. The van der Waals surface area contributed by atoms with Crippen molar-refractivity contribution >= 4 is 12.6 Å². The molecule has 8 heteroatoms. The molecule has 2 unspecified atom stereocenters. The highest BCUT2D eigenvalue weighted by Gasteiger charge is 2.71. The van der Waals surface area contributed by atoms with Gasteiger partial charge in [0.25, 0.3) is 12.4 Å². The van der Waals surface area contributed by atoms with Gasteiger partial charge in [0.1, 0.15) is 0 Å². The van der Waals surface area contributed by atoms with E-state index >= 15 is 0 Å². The first-order valence-electron chi connectivity index (χ1n) is 6.56. The van der Waals surface area contributed by atoms with E-state index in [1.54, 1.807) is 0 Å². The van der Waals surface area contributed by atoms with Gasteiger partial charge in [-0.25, -0.2) is 13.6 Å². The van der Waals surface area contributed by atoms with Gasteiger partial charge in [0.2, 0.25) is 0 Å². The standard InChI is InChI=1S/C11H16F2N2O2.CH2O2/c12-11(13)8-5-14(6-9(8)11)2-1-7-3-15(4-7)10(16)17;2-1-3/h7-9H,1-6H2,(H,16,17);1H,(H,2,3). The van der Waals surface area contributed by atoms with E-state index in [1.807, 2.05) is 0 Å². The van der Waals surface area contributed by atoms with Crippen molar-refractivity contribution in [3.05, 3.63) is 0 Å². The molecule has 2 N–H and O–H groups in total. The zero-order valence-corrected chi connectivity index (χ0v) is 10.9. The van der Waals surface area contributed by atoms with Crippen LogP contribution in [0.15, 0.2) is 0 Å². The van der Waals surface area contributed by atoms with Crippen LogP contribution in [0.25, 0.3) is 0 Å². The molecule has 6 nitrogen and oxygen atoms in total. The largest absolute Gasteiger partial charge is 0.483 e. The van der Waals surface area contributed by atoms with Crippen LogP contribution in [-0.4, -0.2) is 71.2 Å². The van der Waals surface area contributed by atoms with Crippen LogP contribution in [0.3, 0.4) is 0 Å². The fraction of sp³-hybridized carbons (Fsp3) is 0.833. The molecular formula is C12H18F2N2O4. The van der Waals surface area contributed by atoms with Gasteiger partial charge in [0.15, 0.2) is 0 Å². The molecule has 114 valence electrons. The van der Waals surface area contributed by atoms with Crippen molar-refractivity contribution in [3.63, 3.8) is 0 Å². The molecule has 0 spiro atoms. The Morgan fingerprint density at radius 2 is 1.75 bits per heavy atom. The van der Waals surface area contributed by atoms with Crippen LogP contribution in [0.4, 0.5) is 13.6 Å². The molecule has 2 atom stereocenters. The summed E-state index contributed by atoms with van der Waals surface area (Å²) < 4.78 is 25.9. The highest BCUT2D eigenvalue weighted by Crippen LogP contribution is 2.59. The fourth-order valence-electron chi connectivity index (χ4n) is 3.05. The lowest BCUT2D eigenvalue weighted by Crippen LogP contribution is -2.50. The van der Waals surface area contributed by atoms with E-state index in [9.17, 15) is 13.6 Å². The van der Waals surface area contributed by atoms with Crippen molar-refractivity contribution in [3.8, 4) is 0 Å². The Morgan fingerprint density at radius 3 is 2.20 bits per heavy atom. The van der Waals surface area contributed by atoms with E-state index < -0.39 is 23.9 Å². The van der Waals surface area contributed by atoms with Gasteiger partial charge in [0.05, 0.1) is 0 Å². The van der Waals surface area contributed by atoms with Crippen molar-refractivity contribution in [2.45, 2.75) is 12.3 Å². The van der Waals surface area contributed by atoms with Crippen LogP contribution in [0.5, 0.6) is 0 Å². The Hall–Kier alpha value is -1.44. The lowest BCUT2D eigenvalue weighted by molar-refractivity contribution is -0.122. The minimum absolute atomic E-state index is 0.250. The molecule has 0 aromatic rings. The van der Waals surface area contributed by atoms with Gasteiger partial charge in [-0.05, 0) is 18.9 Å². The maximum absolute atomic E-state index is 12.9. The quantitative estimate of drug-likeness (QED) is 0.755. The molecule has 3 aliphatic rings. The number of piperidine rings is 1. The third-order valence-corrected chi connectivity index (χ3v) is 4.36. The second kappa shape index (κ2) is 5.51. The maximum atomic E-state index is 12.9. The van der Waals surface area contributed by atoms with Gasteiger partial charge in [-0.2, -0.15) is 0 Å². The molecule has 0 radical (unpaired) electrons. The predicted molar refractivity (Wildman–Crippen MR) is 64.8 cm³/mol. The van der Waals surface area contributed by atoms with E-state index in [-0.39, 0.29) is 6.47 Å².